The molecule has 0 aliphatic carbocycles. The number of nitriles is 1. The van der Waals surface area contributed by atoms with E-state index in [1.165, 1.54) is 0 Å². The molecule has 2 rings (SSSR count). The molecule has 0 fully saturated rings. The minimum Gasteiger partial charge on any atom is -0.373 e. The van der Waals surface area contributed by atoms with Gasteiger partial charge in [-0.05, 0) is 23.6 Å². The van der Waals surface area contributed by atoms with Crippen LogP contribution in [-0.4, -0.2) is 17.3 Å². The van der Waals surface area contributed by atoms with Crippen LogP contribution in [0.5, 0.6) is 0 Å². The SMILES string of the molecule is COC(c1noc(Cc2ccc(C#N)cc2)n1)C(C)C. The van der Waals surface area contributed by atoms with E-state index in [-0.39, 0.29) is 12.0 Å². The number of nitrogens with zero attached hydrogens (tertiary/aromatic N) is 3. The van der Waals surface area contributed by atoms with Gasteiger partial charge in [-0.3, -0.25) is 0 Å². The smallest absolute Gasteiger partial charge is 0.231 e. The summed E-state index contributed by atoms with van der Waals surface area (Å²) in [7, 11) is 1.64. The monoisotopic (exact) mass is 271 g/mol. The van der Waals surface area contributed by atoms with Gasteiger partial charge in [0, 0.05) is 7.11 Å². The van der Waals surface area contributed by atoms with E-state index in [1.807, 2.05) is 26.0 Å². The van der Waals surface area contributed by atoms with Crippen molar-refractivity contribution >= 4 is 0 Å². The van der Waals surface area contributed by atoms with E-state index in [9.17, 15) is 0 Å². The third-order valence-electron chi connectivity index (χ3n) is 3.04. The van der Waals surface area contributed by atoms with E-state index >= 15 is 0 Å². The van der Waals surface area contributed by atoms with Gasteiger partial charge in [0.2, 0.25) is 11.7 Å². The van der Waals surface area contributed by atoms with E-state index < -0.39 is 0 Å². The van der Waals surface area contributed by atoms with Crippen LogP contribution in [0.3, 0.4) is 0 Å². The average molecular weight is 271 g/mol. The molecule has 0 saturated heterocycles. The summed E-state index contributed by atoms with van der Waals surface area (Å²) in [6.07, 6.45) is 0.390. The normalized spacial score (nSPS) is 12.3. The number of methoxy groups -OCH3 is 1. The fourth-order valence-electron chi connectivity index (χ4n) is 2.00. The first-order valence-electron chi connectivity index (χ1n) is 6.48. The highest BCUT2D eigenvalue weighted by atomic mass is 16.5. The van der Waals surface area contributed by atoms with Crippen molar-refractivity contribution in [3.05, 3.63) is 47.1 Å². The Bertz CT molecular complexity index is 596. The molecule has 1 heterocycles. The maximum absolute atomic E-state index is 8.76. The van der Waals surface area contributed by atoms with Crippen LogP contribution in [0.25, 0.3) is 0 Å². The summed E-state index contributed by atoms with van der Waals surface area (Å²) >= 11 is 0. The average Bonchev–Trinajstić information content (AvgIpc) is 2.88. The lowest BCUT2D eigenvalue weighted by Gasteiger charge is -2.14. The summed E-state index contributed by atoms with van der Waals surface area (Å²) in [5, 5.41) is 12.7. The lowest BCUT2D eigenvalue weighted by Crippen LogP contribution is -2.10. The molecule has 0 amide bonds. The molecule has 1 atom stereocenters. The third kappa shape index (κ3) is 3.22. The largest absolute Gasteiger partial charge is 0.373 e. The Balaban J connectivity index is 2.11. The zero-order chi connectivity index (χ0) is 14.5. The van der Waals surface area contributed by atoms with Crippen molar-refractivity contribution in [2.45, 2.75) is 26.4 Å². The highest BCUT2D eigenvalue weighted by Gasteiger charge is 2.21. The Labute approximate surface area is 118 Å². The lowest BCUT2D eigenvalue weighted by atomic mass is 10.1. The topological polar surface area (TPSA) is 71.9 Å². The van der Waals surface area contributed by atoms with Gasteiger partial charge in [-0.25, -0.2) is 0 Å². The van der Waals surface area contributed by atoms with E-state index in [1.54, 1.807) is 19.2 Å². The van der Waals surface area contributed by atoms with Crippen LogP contribution in [0.4, 0.5) is 0 Å². The zero-order valence-corrected chi connectivity index (χ0v) is 11.8. The molecule has 5 nitrogen and oxygen atoms in total. The Morgan fingerprint density at radius 1 is 1.30 bits per heavy atom. The standard InChI is InChI=1S/C15H17N3O2/c1-10(2)14(19-3)15-17-13(20-18-15)8-11-4-6-12(9-16)7-5-11/h4-7,10,14H,8H2,1-3H3. The van der Waals surface area contributed by atoms with Gasteiger partial charge in [0.1, 0.15) is 6.10 Å². The first kappa shape index (κ1) is 14.2. The highest BCUT2D eigenvalue weighted by molar-refractivity contribution is 5.32. The number of hydrogen-bond acceptors (Lipinski definition) is 5. The molecular formula is C15H17N3O2. The van der Waals surface area contributed by atoms with Crippen molar-refractivity contribution in [2.24, 2.45) is 5.92 Å². The maximum atomic E-state index is 8.76. The van der Waals surface area contributed by atoms with Gasteiger partial charge in [-0.15, -0.1) is 0 Å². The molecule has 0 aliphatic heterocycles. The molecule has 20 heavy (non-hydrogen) atoms. The summed E-state index contributed by atoms with van der Waals surface area (Å²) < 4.78 is 10.6. The van der Waals surface area contributed by atoms with Crippen LogP contribution < -0.4 is 0 Å². The van der Waals surface area contributed by atoms with Crippen LogP contribution in [0, 0.1) is 17.2 Å². The third-order valence-corrected chi connectivity index (χ3v) is 3.04. The second-order valence-electron chi connectivity index (χ2n) is 4.93. The molecule has 2 aromatic rings. The molecule has 0 aliphatic rings. The van der Waals surface area contributed by atoms with Gasteiger partial charge >= 0.3 is 0 Å². The zero-order valence-electron chi connectivity index (χ0n) is 11.8. The van der Waals surface area contributed by atoms with Crippen molar-refractivity contribution < 1.29 is 9.26 Å². The molecule has 0 saturated carbocycles. The van der Waals surface area contributed by atoms with Crippen LogP contribution in [0.1, 0.15) is 42.8 Å². The van der Waals surface area contributed by atoms with Crippen molar-refractivity contribution in [3.8, 4) is 6.07 Å². The van der Waals surface area contributed by atoms with Crippen molar-refractivity contribution in [1.29, 1.82) is 5.26 Å². The molecule has 0 bridgehead atoms. The fraction of sp³-hybridized carbons (Fsp3) is 0.400. The molecule has 104 valence electrons. The van der Waals surface area contributed by atoms with E-state index in [0.717, 1.165) is 5.56 Å². The van der Waals surface area contributed by atoms with Crippen molar-refractivity contribution in [1.82, 2.24) is 10.1 Å². The van der Waals surface area contributed by atoms with Gasteiger partial charge in [0.05, 0.1) is 18.1 Å². The van der Waals surface area contributed by atoms with E-state index in [0.29, 0.717) is 23.7 Å². The van der Waals surface area contributed by atoms with Gasteiger partial charge in [-0.2, -0.15) is 10.2 Å². The maximum Gasteiger partial charge on any atom is 0.231 e. The lowest BCUT2D eigenvalue weighted by molar-refractivity contribution is 0.0555. The van der Waals surface area contributed by atoms with Gasteiger partial charge in [-0.1, -0.05) is 31.1 Å². The molecule has 0 radical (unpaired) electrons. The quantitative estimate of drug-likeness (QED) is 0.836. The minimum absolute atomic E-state index is 0.159. The minimum atomic E-state index is -0.159. The molecule has 1 aromatic carbocycles. The highest BCUT2D eigenvalue weighted by Crippen LogP contribution is 2.22. The second kappa shape index (κ2) is 6.31. The number of ether oxygens (including phenoxy) is 1. The summed E-state index contributed by atoms with van der Waals surface area (Å²) in [6, 6.07) is 9.42. The Kier molecular flexibility index (Phi) is 4.49. The fourth-order valence-corrected chi connectivity index (χ4v) is 2.00. The Hall–Kier alpha value is -2.19. The second-order valence-corrected chi connectivity index (χ2v) is 4.93. The first-order valence-corrected chi connectivity index (χ1v) is 6.48. The summed E-state index contributed by atoms with van der Waals surface area (Å²) in [5.41, 5.74) is 1.66. The van der Waals surface area contributed by atoms with Gasteiger partial charge < -0.3 is 9.26 Å². The van der Waals surface area contributed by atoms with Crippen LogP contribution >= 0.6 is 0 Å². The van der Waals surface area contributed by atoms with Crippen molar-refractivity contribution in [3.63, 3.8) is 0 Å². The molecular weight excluding hydrogens is 254 g/mol. The predicted molar refractivity (Wildman–Crippen MR) is 72.8 cm³/mol. The van der Waals surface area contributed by atoms with Crippen LogP contribution in [0.2, 0.25) is 0 Å². The van der Waals surface area contributed by atoms with Crippen LogP contribution in [-0.2, 0) is 11.2 Å². The number of rotatable bonds is 5. The molecule has 5 heteroatoms. The van der Waals surface area contributed by atoms with Crippen molar-refractivity contribution in [2.75, 3.05) is 7.11 Å². The Morgan fingerprint density at radius 2 is 2.00 bits per heavy atom. The van der Waals surface area contributed by atoms with Gasteiger partial charge in [0.15, 0.2) is 0 Å². The molecule has 0 spiro atoms. The van der Waals surface area contributed by atoms with Gasteiger partial charge in [0.25, 0.3) is 0 Å². The predicted octanol–water partition coefficient (Wildman–Crippen LogP) is 2.88. The summed E-state index contributed by atoms with van der Waals surface area (Å²) in [6.45, 7) is 4.09. The number of benzene rings is 1. The van der Waals surface area contributed by atoms with E-state index in [2.05, 4.69) is 16.2 Å². The number of hydrogen-bond donors (Lipinski definition) is 0. The molecule has 1 aromatic heterocycles. The summed E-state index contributed by atoms with van der Waals surface area (Å²) in [4.78, 5) is 4.37. The van der Waals surface area contributed by atoms with Crippen LogP contribution in [0.15, 0.2) is 28.8 Å². The van der Waals surface area contributed by atoms with E-state index in [4.69, 9.17) is 14.5 Å². The Morgan fingerprint density at radius 3 is 2.55 bits per heavy atom. The molecule has 0 N–H and O–H groups in total. The molecule has 1 unspecified atom stereocenters. The number of aromatic nitrogens is 2. The summed E-state index contributed by atoms with van der Waals surface area (Å²) in [5.74, 6) is 1.40. The first-order chi connectivity index (χ1) is 9.63.